The smallest absolute Gasteiger partial charge is 0.254 e. The van der Waals surface area contributed by atoms with E-state index in [1.54, 1.807) is 17.5 Å². The van der Waals surface area contributed by atoms with Crippen molar-refractivity contribution in [2.45, 2.75) is 25.8 Å². The predicted octanol–water partition coefficient (Wildman–Crippen LogP) is 2.04. The average molecular weight is 332 g/mol. The van der Waals surface area contributed by atoms with Crippen molar-refractivity contribution >= 4 is 17.2 Å². The fourth-order valence-corrected chi connectivity index (χ4v) is 3.91. The van der Waals surface area contributed by atoms with Gasteiger partial charge in [0.25, 0.3) is 5.91 Å². The van der Waals surface area contributed by atoms with Crippen molar-refractivity contribution in [3.8, 4) is 0 Å². The lowest BCUT2D eigenvalue weighted by molar-refractivity contribution is 0.0952. The maximum Gasteiger partial charge on any atom is 0.254 e. The second kappa shape index (κ2) is 7.27. The Balaban J connectivity index is 1.60. The molecule has 23 heavy (non-hydrogen) atoms. The lowest BCUT2D eigenvalue weighted by atomic mass is 9.94. The van der Waals surface area contributed by atoms with Crippen LogP contribution in [0.2, 0.25) is 0 Å². The molecule has 1 amide bonds. The average Bonchev–Trinajstić information content (AvgIpc) is 3.15. The van der Waals surface area contributed by atoms with Gasteiger partial charge in [0, 0.05) is 19.6 Å². The number of amides is 1. The van der Waals surface area contributed by atoms with Crippen LogP contribution in [0.3, 0.4) is 0 Å². The van der Waals surface area contributed by atoms with Gasteiger partial charge in [0.2, 0.25) is 0 Å². The molecular formula is C17H24N4OS. The molecule has 0 fully saturated rings. The number of aromatic nitrogens is 2. The maximum atomic E-state index is 12.5. The van der Waals surface area contributed by atoms with Gasteiger partial charge in [-0.1, -0.05) is 0 Å². The van der Waals surface area contributed by atoms with E-state index in [-0.39, 0.29) is 5.91 Å². The molecule has 1 aliphatic rings. The zero-order valence-corrected chi connectivity index (χ0v) is 14.6. The minimum absolute atomic E-state index is 0.00647. The van der Waals surface area contributed by atoms with E-state index in [1.807, 2.05) is 4.68 Å². The fourth-order valence-electron chi connectivity index (χ4n) is 3.21. The molecule has 1 aliphatic heterocycles. The van der Waals surface area contributed by atoms with Crippen molar-refractivity contribution in [3.05, 3.63) is 39.8 Å². The van der Waals surface area contributed by atoms with Gasteiger partial charge >= 0.3 is 0 Å². The van der Waals surface area contributed by atoms with Crippen LogP contribution in [0.4, 0.5) is 0 Å². The minimum Gasteiger partial charge on any atom is -0.352 e. The summed E-state index contributed by atoms with van der Waals surface area (Å²) in [5, 5.41) is 11.6. The van der Waals surface area contributed by atoms with Crippen molar-refractivity contribution in [1.29, 1.82) is 0 Å². The molecule has 0 spiro atoms. The van der Waals surface area contributed by atoms with Gasteiger partial charge < -0.3 is 10.2 Å². The first-order chi connectivity index (χ1) is 11.1. The fraction of sp³-hybridized carbons (Fsp3) is 0.529. The van der Waals surface area contributed by atoms with Gasteiger partial charge in [-0.05, 0) is 61.7 Å². The number of carbonyl (C=O) groups is 1. The van der Waals surface area contributed by atoms with Crippen molar-refractivity contribution in [2.75, 3.05) is 27.2 Å². The Morgan fingerprint density at radius 2 is 2.39 bits per heavy atom. The summed E-state index contributed by atoms with van der Waals surface area (Å²) in [6, 6.07) is 2.10. The first-order valence-corrected chi connectivity index (χ1v) is 9.06. The Hall–Kier alpha value is -1.66. The van der Waals surface area contributed by atoms with Crippen molar-refractivity contribution in [1.82, 2.24) is 20.0 Å². The van der Waals surface area contributed by atoms with Gasteiger partial charge in [-0.2, -0.15) is 16.4 Å². The van der Waals surface area contributed by atoms with E-state index in [2.05, 4.69) is 46.2 Å². The molecule has 124 valence electrons. The summed E-state index contributed by atoms with van der Waals surface area (Å²) in [5.41, 5.74) is 3.12. The number of carbonyl (C=O) groups excluding carboxylic acids is 1. The lowest BCUT2D eigenvalue weighted by Crippen LogP contribution is -2.31. The van der Waals surface area contributed by atoms with Crippen LogP contribution in [0, 0.1) is 5.92 Å². The Bertz CT molecular complexity index is 648. The van der Waals surface area contributed by atoms with Crippen LogP contribution in [0.25, 0.3) is 0 Å². The van der Waals surface area contributed by atoms with Crippen molar-refractivity contribution in [2.24, 2.45) is 5.92 Å². The summed E-state index contributed by atoms with van der Waals surface area (Å²) >= 11 is 1.69. The molecule has 0 saturated heterocycles. The topological polar surface area (TPSA) is 50.2 Å². The van der Waals surface area contributed by atoms with Gasteiger partial charge in [-0.15, -0.1) is 0 Å². The summed E-state index contributed by atoms with van der Waals surface area (Å²) < 4.78 is 2.00. The van der Waals surface area contributed by atoms with E-state index in [0.29, 0.717) is 12.5 Å². The summed E-state index contributed by atoms with van der Waals surface area (Å²) in [6.45, 7) is 2.64. The van der Waals surface area contributed by atoms with E-state index in [4.69, 9.17) is 0 Å². The number of hydrogen-bond donors (Lipinski definition) is 1. The molecular weight excluding hydrogens is 308 g/mol. The molecule has 1 atom stereocenters. The summed E-state index contributed by atoms with van der Waals surface area (Å²) in [7, 11) is 4.20. The highest BCUT2D eigenvalue weighted by molar-refractivity contribution is 7.07. The Morgan fingerprint density at radius 1 is 1.52 bits per heavy atom. The van der Waals surface area contributed by atoms with Crippen LogP contribution >= 0.6 is 11.3 Å². The molecule has 2 aromatic heterocycles. The summed E-state index contributed by atoms with van der Waals surface area (Å²) in [5.74, 6) is 0.610. The van der Waals surface area contributed by atoms with Crippen LogP contribution in [0.15, 0.2) is 23.0 Å². The number of rotatable bonds is 6. The second-order valence-corrected chi connectivity index (χ2v) is 7.27. The third kappa shape index (κ3) is 4.00. The number of nitrogens with zero attached hydrogens (tertiary/aromatic N) is 3. The predicted molar refractivity (Wildman–Crippen MR) is 92.9 cm³/mol. The first-order valence-electron chi connectivity index (χ1n) is 8.12. The second-order valence-electron chi connectivity index (χ2n) is 6.49. The quantitative estimate of drug-likeness (QED) is 0.881. The van der Waals surface area contributed by atoms with Gasteiger partial charge in [-0.3, -0.25) is 9.48 Å². The van der Waals surface area contributed by atoms with Gasteiger partial charge in [0.1, 0.15) is 0 Å². The van der Waals surface area contributed by atoms with Gasteiger partial charge in [0.15, 0.2) is 0 Å². The van der Waals surface area contributed by atoms with E-state index < -0.39 is 0 Å². The third-order valence-corrected chi connectivity index (χ3v) is 5.06. The normalized spacial score (nSPS) is 17.3. The number of nitrogens with one attached hydrogen (secondary N) is 1. The molecule has 5 nitrogen and oxygen atoms in total. The highest BCUT2D eigenvalue weighted by Gasteiger charge is 2.25. The van der Waals surface area contributed by atoms with Crippen LogP contribution in [-0.2, 0) is 19.4 Å². The van der Waals surface area contributed by atoms with Crippen LogP contribution in [-0.4, -0.2) is 47.8 Å². The van der Waals surface area contributed by atoms with Gasteiger partial charge in [-0.25, -0.2) is 0 Å². The van der Waals surface area contributed by atoms with E-state index in [1.165, 1.54) is 5.56 Å². The van der Waals surface area contributed by atoms with Gasteiger partial charge in [0.05, 0.1) is 17.5 Å². The van der Waals surface area contributed by atoms with E-state index in [0.717, 1.165) is 43.6 Å². The molecule has 0 saturated carbocycles. The molecule has 3 rings (SSSR count). The van der Waals surface area contributed by atoms with E-state index in [9.17, 15) is 4.79 Å². The molecule has 0 aromatic carbocycles. The zero-order valence-electron chi connectivity index (χ0n) is 13.8. The van der Waals surface area contributed by atoms with E-state index >= 15 is 0 Å². The number of aryl methyl sites for hydroxylation is 1. The molecule has 0 aliphatic carbocycles. The Labute approximate surface area is 141 Å². The largest absolute Gasteiger partial charge is 0.352 e. The summed E-state index contributed by atoms with van der Waals surface area (Å²) in [4.78, 5) is 14.7. The van der Waals surface area contributed by atoms with Crippen molar-refractivity contribution < 1.29 is 4.79 Å². The molecule has 6 heteroatoms. The number of thiophene rings is 1. The number of fused-ring (bicyclic) bond motifs is 1. The maximum absolute atomic E-state index is 12.5. The third-order valence-electron chi connectivity index (χ3n) is 4.33. The monoisotopic (exact) mass is 332 g/mol. The minimum atomic E-state index is 0.00647. The summed E-state index contributed by atoms with van der Waals surface area (Å²) in [6.07, 6.45) is 4.67. The molecule has 2 aromatic rings. The van der Waals surface area contributed by atoms with Crippen molar-refractivity contribution in [3.63, 3.8) is 0 Å². The lowest BCUT2D eigenvalue weighted by Gasteiger charge is -2.26. The van der Waals surface area contributed by atoms with Crippen LogP contribution < -0.4 is 5.32 Å². The highest BCUT2D eigenvalue weighted by Crippen LogP contribution is 2.23. The van der Waals surface area contributed by atoms with Crippen LogP contribution in [0.1, 0.15) is 28.0 Å². The van der Waals surface area contributed by atoms with Crippen LogP contribution in [0.5, 0.6) is 0 Å². The molecule has 0 radical (unpaired) electrons. The Kier molecular flexibility index (Phi) is 5.13. The first kappa shape index (κ1) is 16.2. The molecule has 1 unspecified atom stereocenters. The number of hydrogen-bond acceptors (Lipinski definition) is 4. The standard InChI is InChI=1S/C17H24N4OS/c1-20(2)11-14-4-7-21-16(9-14)15(10-19-21)17(22)18-6-3-13-5-8-23-12-13/h5,8,10,12,14H,3-4,6-7,9,11H2,1-2H3,(H,18,22). The molecule has 0 bridgehead atoms. The zero-order chi connectivity index (χ0) is 16.2. The molecule has 3 heterocycles. The SMILES string of the molecule is CN(C)CC1CCn2ncc(C(=O)NCCc3ccsc3)c2C1. The molecule has 1 N–H and O–H groups in total. The highest BCUT2D eigenvalue weighted by atomic mass is 32.1. The Morgan fingerprint density at radius 3 is 3.13 bits per heavy atom.